The molecule has 3 unspecified atom stereocenters. The first-order chi connectivity index (χ1) is 11.4. The van der Waals surface area contributed by atoms with Gasteiger partial charge in [0.2, 0.25) is 0 Å². The van der Waals surface area contributed by atoms with Gasteiger partial charge in [0.1, 0.15) is 0 Å². The molecule has 0 aliphatic heterocycles. The Morgan fingerprint density at radius 3 is 2.87 bits per heavy atom. The molecule has 1 aromatic rings. The van der Waals surface area contributed by atoms with Gasteiger partial charge in [-0.25, -0.2) is 0 Å². The minimum atomic E-state index is 0.424. The molecule has 1 fully saturated rings. The standard InChI is InChI=1S/C23H18/c1-2-4-16-12-21-15(6-5-14(16)3-1)7-8-17-9-20-11-18-10-19(18)13-22(20)23(17)21/h1-8,11-14,18-19H,9-10H2. The summed E-state index contributed by atoms with van der Waals surface area (Å²) in [6.07, 6.45) is 23.6. The minimum Gasteiger partial charge on any atom is -0.0766 e. The quantitative estimate of drug-likeness (QED) is 0.604. The Bertz CT molecular complexity index is 927. The lowest BCUT2D eigenvalue weighted by atomic mass is 9.90. The number of hydrogen-bond acceptors (Lipinski definition) is 0. The predicted octanol–water partition coefficient (Wildman–Crippen LogP) is 5.35. The van der Waals surface area contributed by atoms with Gasteiger partial charge in [-0.2, -0.15) is 0 Å². The highest BCUT2D eigenvalue weighted by molar-refractivity contribution is 5.94. The van der Waals surface area contributed by atoms with E-state index < -0.39 is 0 Å². The molecule has 0 heterocycles. The second kappa shape index (κ2) is 4.14. The molecule has 5 aliphatic carbocycles. The highest BCUT2D eigenvalue weighted by Crippen LogP contribution is 2.53. The van der Waals surface area contributed by atoms with Crippen LogP contribution < -0.4 is 0 Å². The molecular formula is C23H18. The molecule has 0 radical (unpaired) electrons. The first-order valence-electron chi connectivity index (χ1n) is 8.71. The molecule has 6 rings (SSSR count). The van der Waals surface area contributed by atoms with Crippen LogP contribution in [-0.4, -0.2) is 0 Å². The zero-order valence-electron chi connectivity index (χ0n) is 13.0. The van der Waals surface area contributed by atoms with Crippen LogP contribution in [0.15, 0.2) is 65.8 Å². The largest absolute Gasteiger partial charge is 0.0766 e. The maximum absolute atomic E-state index is 2.56. The van der Waals surface area contributed by atoms with Gasteiger partial charge in [0.05, 0.1) is 0 Å². The molecule has 0 N–H and O–H groups in total. The smallest absolute Gasteiger partial charge is 0.0205 e. The van der Waals surface area contributed by atoms with E-state index in [9.17, 15) is 0 Å². The van der Waals surface area contributed by atoms with Gasteiger partial charge in [0.15, 0.2) is 0 Å². The van der Waals surface area contributed by atoms with Crippen molar-refractivity contribution in [1.29, 1.82) is 0 Å². The van der Waals surface area contributed by atoms with Gasteiger partial charge in [-0.15, -0.1) is 0 Å². The maximum Gasteiger partial charge on any atom is 0.0205 e. The molecule has 23 heavy (non-hydrogen) atoms. The number of fused-ring (bicyclic) bond motifs is 7. The van der Waals surface area contributed by atoms with Gasteiger partial charge >= 0.3 is 0 Å². The number of rotatable bonds is 0. The van der Waals surface area contributed by atoms with Crippen LogP contribution in [0, 0.1) is 17.8 Å². The van der Waals surface area contributed by atoms with Crippen molar-refractivity contribution in [2.45, 2.75) is 12.8 Å². The van der Waals surface area contributed by atoms with Crippen LogP contribution in [0.4, 0.5) is 0 Å². The van der Waals surface area contributed by atoms with Gasteiger partial charge < -0.3 is 0 Å². The van der Waals surface area contributed by atoms with Crippen molar-refractivity contribution in [2.75, 3.05) is 0 Å². The monoisotopic (exact) mass is 294 g/mol. The van der Waals surface area contributed by atoms with Crippen LogP contribution in [0.3, 0.4) is 0 Å². The molecule has 0 aromatic heterocycles. The van der Waals surface area contributed by atoms with E-state index in [-0.39, 0.29) is 0 Å². The van der Waals surface area contributed by atoms with E-state index in [0.717, 1.165) is 18.3 Å². The van der Waals surface area contributed by atoms with Crippen LogP contribution in [0.5, 0.6) is 0 Å². The molecule has 0 spiro atoms. The Morgan fingerprint density at radius 1 is 0.913 bits per heavy atom. The molecule has 5 aliphatic rings. The third-order valence-electron chi connectivity index (χ3n) is 5.95. The van der Waals surface area contributed by atoms with Crippen molar-refractivity contribution in [2.24, 2.45) is 17.8 Å². The fourth-order valence-electron chi connectivity index (χ4n) is 4.60. The molecule has 110 valence electrons. The number of allylic oxidation sites excluding steroid dienone is 10. The van der Waals surface area contributed by atoms with Gasteiger partial charge in [0.25, 0.3) is 0 Å². The average Bonchev–Trinajstić information content (AvgIpc) is 3.27. The van der Waals surface area contributed by atoms with Crippen molar-refractivity contribution in [3.8, 4) is 0 Å². The first kappa shape index (κ1) is 12.1. The molecule has 3 atom stereocenters. The van der Waals surface area contributed by atoms with E-state index in [1.807, 2.05) is 0 Å². The van der Waals surface area contributed by atoms with Crippen molar-refractivity contribution >= 4 is 17.7 Å². The second-order valence-corrected chi connectivity index (χ2v) is 7.39. The zero-order chi connectivity index (χ0) is 15.0. The van der Waals surface area contributed by atoms with Crippen molar-refractivity contribution in [3.63, 3.8) is 0 Å². The summed E-state index contributed by atoms with van der Waals surface area (Å²) in [5, 5.41) is 0. The van der Waals surface area contributed by atoms with Crippen LogP contribution >= 0.6 is 0 Å². The predicted molar refractivity (Wildman–Crippen MR) is 96.6 cm³/mol. The van der Waals surface area contributed by atoms with Gasteiger partial charge in [0, 0.05) is 5.92 Å². The lowest BCUT2D eigenvalue weighted by molar-refractivity contribution is 0.966. The topological polar surface area (TPSA) is 0 Å². The Labute approximate surface area is 136 Å². The van der Waals surface area contributed by atoms with Crippen molar-refractivity contribution < 1.29 is 0 Å². The van der Waals surface area contributed by atoms with Crippen LogP contribution in [0.25, 0.3) is 17.7 Å². The lowest BCUT2D eigenvalue weighted by Crippen LogP contribution is -1.97. The molecule has 0 nitrogen and oxygen atoms in total. The summed E-state index contributed by atoms with van der Waals surface area (Å²) >= 11 is 0. The summed E-state index contributed by atoms with van der Waals surface area (Å²) in [4.78, 5) is 0. The Kier molecular flexibility index (Phi) is 2.18. The van der Waals surface area contributed by atoms with E-state index in [2.05, 4.69) is 66.8 Å². The van der Waals surface area contributed by atoms with Crippen molar-refractivity contribution in [3.05, 3.63) is 88.1 Å². The van der Waals surface area contributed by atoms with Crippen LogP contribution in [-0.2, 0) is 6.42 Å². The van der Waals surface area contributed by atoms with Gasteiger partial charge in [-0.1, -0.05) is 60.7 Å². The highest BCUT2D eigenvalue weighted by Gasteiger charge is 2.40. The average molecular weight is 294 g/mol. The van der Waals surface area contributed by atoms with Gasteiger partial charge in [-0.3, -0.25) is 0 Å². The minimum absolute atomic E-state index is 0.424. The molecule has 0 heteroatoms. The fraction of sp³-hybridized carbons (Fsp3) is 0.217. The summed E-state index contributed by atoms with van der Waals surface area (Å²) < 4.78 is 0. The summed E-state index contributed by atoms with van der Waals surface area (Å²) in [6.45, 7) is 0. The molecule has 1 aromatic carbocycles. The number of hydrogen-bond donors (Lipinski definition) is 0. The van der Waals surface area contributed by atoms with E-state index in [0.29, 0.717) is 5.92 Å². The molecule has 0 bridgehead atoms. The molecule has 1 saturated carbocycles. The van der Waals surface area contributed by atoms with Crippen molar-refractivity contribution in [1.82, 2.24) is 0 Å². The second-order valence-electron chi connectivity index (χ2n) is 7.39. The molecule has 0 saturated heterocycles. The maximum atomic E-state index is 2.56. The number of benzene rings is 1. The van der Waals surface area contributed by atoms with E-state index in [1.165, 1.54) is 39.8 Å². The highest BCUT2D eigenvalue weighted by atomic mass is 14.4. The van der Waals surface area contributed by atoms with Crippen LogP contribution in [0.1, 0.15) is 28.7 Å². The normalized spacial score (nSPS) is 31.0. The van der Waals surface area contributed by atoms with E-state index in [1.54, 1.807) is 5.57 Å². The summed E-state index contributed by atoms with van der Waals surface area (Å²) in [5.74, 6) is 2.08. The first-order valence-corrected chi connectivity index (χ1v) is 8.71. The lowest BCUT2D eigenvalue weighted by Gasteiger charge is -2.14. The summed E-state index contributed by atoms with van der Waals surface area (Å²) in [5.41, 5.74) is 10.4. The molecular weight excluding hydrogens is 276 g/mol. The SMILES string of the molecule is C1=CC2=Cc3c(ccc4c3C3=CC5CC5C=C3C4)C=CC2C=C1. The summed E-state index contributed by atoms with van der Waals surface area (Å²) in [6, 6.07) is 4.66. The van der Waals surface area contributed by atoms with E-state index >= 15 is 0 Å². The summed E-state index contributed by atoms with van der Waals surface area (Å²) in [7, 11) is 0. The third kappa shape index (κ3) is 1.67. The Hall–Kier alpha value is -2.34. The fourth-order valence-corrected chi connectivity index (χ4v) is 4.60. The van der Waals surface area contributed by atoms with Gasteiger partial charge in [-0.05, 0) is 69.7 Å². The third-order valence-corrected chi connectivity index (χ3v) is 5.95. The zero-order valence-corrected chi connectivity index (χ0v) is 13.0. The van der Waals surface area contributed by atoms with Crippen LogP contribution in [0.2, 0.25) is 0 Å². The van der Waals surface area contributed by atoms with E-state index in [4.69, 9.17) is 0 Å². The Morgan fingerprint density at radius 2 is 1.87 bits per heavy atom. The molecule has 0 amide bonds. The Balaban J connectivity index is 1.61.